The number of nitrogens with zero attached hydrogens (tertiary/aromatic N) is 3. The van der Waals surface area contributed by atoms with E-state index in [1.165, 1.54) is 0 Å². The van der Waals surface area contributed by atoms with Crippen LogP contribution in [0.3, 0.4) is 0 Å². The SMILES string of the molecule is CCC(=O)N1CCC(NC(=NC)NCc2ccc(N3CCCC3=O)cc2)C1.I. The van der Waals surface area contributed by atoms with Gasteiger partial charge in [0.2, 0.25) is 11.8 Å². The first-order chi connectivity index (χ1) is 13.1. The molecular formula is C20H30IN5O2. The molecule has 2 aliphatic heterocycles. The number of carbonyl (C=O) groups is 2. The van der Waals surface area contributed by atoms with E-state index in [0.717, 1.165) is 49.7 Å². The van der Waals surface area contributed by atoms with Gasteiger partial charge < -0.3 is 20.4 Å². The maximum absolute atomic E-state index is 11.8. The van der Waals surface area contributed by atoms with Crippen molar-refractivity contribution in [1.82, 2.24) is 15.5 Å². The summed E-state index contributed by atoms with van der Waals surface area (Å²) >= 11 is 0. The van der Waals surface area contributed by atoms with Crippen LogP contribution < -0.4 is 15.5 Å². The summed E-state index contributed by atoms with van der Waals surface area (Å²) in [5.74, 6) is 1.15. The Kier molecular flexibility index (Phi) is 8.53. The van der Waals surface area contributed by atoms with Gasteiger partial charge in [0, 0.05) is 57.8 Å². The van der Waals surface area contributed by atoms with Crippen LogP contribution in [0.15, 0.2) is 29.3 Å². The first-order valence-electron chi connectivity index (χ1n) is 9.75. The smallest absolute Gasteiger partial charge is 0.227 e. The van der Waals surface area contributed by atoms with Gasteiger partial charge in [-0.15, -0.1) is 24.0 Å². The molecule has 0 aliphatic carbocycles. The summed E-state index contributed by atoms with van der Waals surface area (Å²) in [6.07, 6.45) is 3.07. The molecule has 1 aromatic rings. The summed E-state index contributed by atoms with van der Waals surface area (Å²) in [7, 11) is 1.75. The molecule has 2 saturated heterocycles. The first-order valence-corrected chi connectivity index (χ1v) is 9.75. The van der Waals surface area contributed by atoms with Gasteiger partial charge in [-0.2, -0.15) is 0 Å². The van der Waals surface area contributed by atoms with E-state index in [9.17, 15) is 9.59 Å². The molecule has 1 atom stereocenters. The lowest BCUT2D eigenvalue weighted by Crippen LogP contribution is -2.44. The first kappa shape index (κ1) is 22.4. The standard InChI is InChI=1S/C20H29N5O2.HI/c1-3-18(26)24-12-10-16(14-24)23-20(21-2)22-13-15-6-8-17(9-7-15)25-11-4-5-19(25)27;/h6-9,16H,3-5,10-14H2,1-2H3,(H2,21,22,23);1H. The van der Waals surface area contributed by atoms with Gasteiger partial charge in [0.15, 0.2) is 5.96 Å². The quantitative estimate of drug-likeness (QED) is 0.370. The summed E-state index contributed by atoms with van der Waals surface area (Å²) in [5, 5.41) is 6.72. The average molecular weight is 499 g/mol. The van der Waals surface area contributed by atoms with Crippen molar-refractivity contribution in [2.75, 3.05) is 31.6 Å². The third-order valence-electron chi connectivity index (χ3n) is 5.19. The number of aliphatic imine (C=N–C) groups is 1. The largest absolute Gasteiger partial charge is 0.352 e. The van der Waals surface area contributed by atoms with Crippen LogP contribution in [0, 0.1) is 0 Å². The fourth-order valence-electron chi connectivity index (χ4n) is 3.62. The highest BCUT2D eigenvalue weighted by Gasteiger charge is 2.25. The van der Waals surface area contributed by atoms with Crippen molar-refractivity contribution in [3.8, 4) is 0 Å². The van der Waals surface area contributed by atoms with Crippen LogP contribution in [0.1, 0.15) is 38.2 Å². The molecule has 0 saturated carbocycles. The molecule has 2 amide bonds. The maximum atomic E-state index is 11.8. The zero-order valence-electron chi connectivity index (χ0n) is 16.6. The summed E-state index contributed by atoms with van der Waals surface area (Å²) in [6.45, 7) is 4.89. The number of likely N-dealkylation sites (tertiary alicyclic amines) is 1. The second-order valence-electron chi connectivity index (χ2n) is 7.06. The van der Waals surface area contributed by atoms with E-state index in [2.05, 4.69) is 15.6 Å². The normalized spacial score (nSPS) is 19.6. The molecule has 2 aliphatic rings. The fourth-order valence-corrected chi connectivity index (χ4v) is 3.62. The van der Waals surface area contributed by atoms with Gasteiger partial charge in [-0.3, -0.25) is 14.6 Å². The predicted molar refractivity (Wildman–Crippen MR) is 122 cm³/mol. The molecule has 0 radical (unpaired) electrons. The van der Waals surface area contributed by atoms with Crippen molar-refractivity contribution in [3.05, 3.63) is 29.8 Å². The minimum Gasteiger partial charge on any atom is -0.352 e. The Bertz CT molecular complexity index is 707. The summed E-state index contributed by atoms with van der Waals surface area (Å²) < 4.78 is 0. The van der Waals surface area contributed by atoms with Crippen molar-refractivity contribution >= 4 is 47.4 Å². The van der Waals surface area contributed by atoms with E-state index in [0.29, 0.717) is 19.4 Å². The molecule has 2 N–H and O–H groups in total. The number of guanidine groups is 1. The molecule has 3 rings (SSSR count). The molecule has 1 unspecified atom stereocenters. The molecule has 2 fully saturated rings. The Balaban J connectivity index is 0.00000280. The van der Waals surface area contributed by atoms with Crippen LogP contribution in [-0.4, -0.2) is 55.4 Å². The molecule has 0 bridgehead atoms. The fraction of sp³-hybridized carbons (Fsp3) is 0.550. The van der Waals surface area contributed by atoms with Crippen molar-refractivity contribution in [3.63, 3.8) is 0 Å². The molecule has 28 heavy (non-hydrogen) atoms. The van der Waals surface area contributed by atoms with Crippen molar-refractivity contribution in [2.45, 2.75) is 45.2 Å². The van der Waals surface area contributed by atoms with Gasteiger partial charge in [-0.1, -0.05) is 19.1 Å². The summed E-state index contributed by atoms with van der Waals surface area (Å²) in [5.41, 5.74) is 2.10. The van der Waals surface area contributed by atoms with Crippen LogP contribution in [0.2, 0.25) is 0 Å². The number of rotatable bonds is 5. The van der Waals surface area contributed by atoms with Crippen LogP contribution in [0.4, 0.5) is 5.69 Å². The van der Waals surface area contributed by atoms with Crippen LogP contribution in [0.5, 0.6) is 0 Å². The van der Waals surface area contributed by atoms with Crippen LogP contribution in [0.25, 0.3) is 0 Å². The molecule has 0 aromatic heterocycles. The average Bonchev–Trinajstić information content (AvgIpc) is 3.34. The van der Waals surface area contributed by atoms with Gasteiger partial charge in [0.25, 0.3) is 0 Å². The molecule has 0 spiro atoms. The van der Waals surface area contributed by atoms with E-state index >= 15 is 0 Å². The molecule has 154 valence electrons. The highest BCUT2D eigenvalue weighted by Crippen LogP contribution is 2.21. The van der Waals surface area contributed by atoms with E-state index in [-0.39, 0.29) is 41.8 Å². The summed E-state index contributed by atoms with van der Waals surface area (Å²) in [4.78, 5) is 31.7. The predicted octanol–water partition coefficient (Wildman–Crippen LogP) is 2.11. The number of hydrogen-bond donors (Lipinski definition) is 2. The molecule has 1 aromatic carbocycles. The number of benzene rings is 1. The number of halogens is 1. The second-order valence-corrected chi connectivity index (χ2v) is 7.06. The number of amides is 2. The van der Waals surface area contributed by atoms with E-state index < -0.39 is 0 Å². The summed E-state index contributed by atoms with van der Waals surface area (Å²) in [6, 6.07) is 8.32. The lowest BCUT2D eigenvalue weighted by atomic mass is 10.2. The minimum absolute atomic E-state index is 0. The zero-order valence-corrected chi connectivity index (χ0v) is 18.9. The molecule has 7 nitrogen and oxygen atoms in total. The van der Waals surface area contributed by atoms with Crippen LogP contribution >= 0.6 is 24.0 Å². The van der Waals surface area contributed by atoms with E-state index in [4.69, 9.17) is 0 Å². The van der Waals surface area contributed by atoms with E-state index in [1.54, 1.807) is 7.05 Å². The molecule has 2 heterocycles. The third kappa shape index (κ3) is 5.59. The van der Waals surface area contributed by atoms with Crippen molar-refractivity contribution in [2.24, 2.45) is 4.99 Å². The number of hydrogen-bond acceptors (Lipinski definition) is 3. The van der Waals surface area contributed by atoms with Gasteiger partial charge in [0.05, 0.1) is 0 Å². The number of carbonyl (C=O) groups excluding carboxylic acids is 2. The Hall–Kier alpha value is -1.84. The second kappa shape index (κ2) is 10.6. The Morgan fingerprint density at radius 1 is 1.25 bits per heavy atom. The zero-order chi connectivity index (χ0) is 19.2. The van der Waals surface area contributed by atoms with Gasteiger partial charge >= 0.3 is 0 Å². The Morgan fingerprint density at radius 3 is 2.61 bits per heavy atom. The highest BCUT2D eigenvalue weighted by atomic mass is 127. The maximum Gasteiger partial charge on any atom is 0.227 e. The third-order valence-corrected chi connectivity index (χ3v) is 5.19. The lowest BCUT2D eigenvalue weighted by Gasteiger charge is -2.19. The monoisotopic (exact) mass is 499 g/mol. The van der Waals surface area contributed by atoms with Gasteiger partial charge in [-0.25, -0.2) is 0 Å². The number of anilines is 1. The molecule has 8 heteroatoms. The van der Waals surface area contributed by atoms with Gasteiger partial charge in [0.1, 0.15) is 0 Å². The van der Waals surface area contributed by atoms with Crippen LogP contribution in [-0.2, 0) is 16.1 Å². The Labute approximate surface area is 184 Å². The Morgan fingerprint density at radius 2 is 2.00 bits per heavy atom. The lowest BCUT2D eigenvalue weighted by molar-refractivity contribution is -0.129. The minimum atomic E-state index is 0. The topological polar surface area (TPSA) is 77.0 Å². The van der Waals surface area contributed by atoms with Crippen molar-refractivity contribution < 1.29 is 9.59 Å². The van der Waals surface area contributed by atoms with Crippen molar-refractivity contribution in [1.29, 1.82) is 0 Å². The highest BCUT2D eigenvalue weighted by molar-refractivity contribution is 14.0. The number of nitrogens with one attached hydrogen (secondary N) is 2. The molecular weight excluding hydrogens is 469 g/mol. The van der Waals surface area contributed by atoms with Gasteiger partial charge in [-0.05, 0) is 30.5 Å². The van der Waals surface area contributed by atoms with E-state index in [1.807, 2.05) is 41.0 Å².